The molecule has 0 spiro atoms. The van der Waals surface area contributed by atoms with Gasteiger partial charge in [-0.15, -0.1) is 0 Å². The molecule has 0 N–H and O–H groups in total. The lowest BCUT2D eigenvalue weighted by Crippen LogP contribution is -2.00. The van der Waals surface area contributed by atoms with Crippen LogP contribution in [-0.4, -0.2) is 13.7 Å². The molecule has 0 atom stereocenters. The first kappa shape index (κ1) is 33.1. The van der Waals surface area contributed by atoms with Gasteiger partial charge >= 0.3 is 0 Å². The highest BCUT2D eigenvalue weighted by Gasteiger charge is 2.21. The summed E-state index contributed by atoms with van der Waals surface area (Å²) in [4.78, 5) is 0. The molecule has 0 aliphatic carbocycles. The summed E-state index contributed by atoms with van der Waals surface area (Å²) < 4.78 is 7.00. The Morgan fingerprint density at radius 2 is 1.04 bits per heavy atom. The van der Waals surface area contributed by atoms with Crippen molar-refractivity contribution in [1.82, 2.24) is 13.7 Å². The molecular weight excluding hydrogens is 595 g/mol. The lowest BCUT2D eigenvalue weighted by molar-refractivity contribution is 1.05. The van der Waals surface area contributed by atoms with Gasteiger partial charge in [0.2, 0.25) is 0 Å². The minimum Gasteiger partial charge on any atom is -0.310 e. The third kappa shape index (κ3) is 5.32. The van der Waals surface area contributed by atoms with Gasteiger partial charge in [-0.2, -0.15) is 0 Å². The molecule has 0 saturated carbocycles. The maximum atomic E-state index is 4.26. The Kier molecular flexibility index (Phi) is 9.29. The summed E-state index contributed by atoms with van der Waals surface area (Å²) in [5.74, 6) is 0. The van der Waals surface area contributed by atoms with Crippen LogP contribution < -0.4 is 0 Å². The molecule has 3 heterocycles. The molecule has 0 amide bonds. The number of aromatic nitrogens is 3. The normalized spacial score (nSPS) is 12.7. The Morgan fingerprint density at radius 3 is 1.53 bits per heavy atom. The van der Waals surface area contributed by atoms with E-state index in [0.717, 1.165) is 56.3 Å². The monoisotopic (exact) mass is 639 g/mol. The Labute approximate surface area is 290 Å². The lowest BCUT2D eigenvalue weighted by Gasteiger charge is -2.12. The summed E-state index contributed by atoms with van der Waals surface area (Å²) in [6.07, 6.45) is 25.1. The third-order valence-electron chi connectivity index (χ3n) is 9.25. The van der Waals surface area contributed by atoms with Gasteiger partial charge in [0.25, 0.3) is 0 Å². The van der Waals surface area contributed by atoms with Crippen molar-refractivity contribution in [2.45, 2.75) is 41.5 Å². The number of allylic oxidation sites excluding steroid dienone is 7. The Morgan fingerprint density at radius 1 is 0.531 bits per heavy atom. The molecule has 3 aromatic carbocycles. The van der Waals surface area contributed by atoms with Gasteiger partial charge in [0.05, 0.1) is 33.6 Å². The van der Waals surface area contributed by atoms with Gasteiger partial charge in [0.1, 0.15) is 0 Å². The molecule has 244 valence electrons. The van der Waals surface area contributed by atoms with Crippen LogP contribution in [0.5, 0.6) is 0 Å². The second kappa shape index (κ2) is 13.7. The van der Waals surface area contributed by atoms with Crippen molar-refractivity contribution in [3.63, 3.8) is 0 Å². The molecular formula is C46H45N3. The van der Waals surface area contributed by atoms with Gasteiger partial charge < -0.3 is 13.7 Å². The van der Waals surface area contributed by atoms with Gasteiger partial charge in [0.15, 0.2) is 0 Å². The average molecular weight is 640 g/mol. The fourth-order valence-corrected chi connectivity index (χ4v) is 7.30. The van der Waals surface area contributed by atoms with Crippen LogP contribution in [0.4, 0.5) is 0 Å². The molecule has 3 heteroatoms. The molecule has 6 aromatic rings. The molecule has 0 unspecified atom stereocenters. The molecule has 0 bridgehead atoms. The third-order valence-corrected chi connectivity index (χ3v) is 9.25. The Balaban J connectivity index is 1.74. The summed E-state index contributed by atoms with van der Waals surface area (Å²) in [6, 6.07) is 20.3. The number of aryl methyl sites for hydroxylation is 1. The van der Waals surface area contributed by atoms with E-state index < -0.39 is 0 Å². The van der Waals surface area contributed by atoms with E-state index in [1.807, 2.05) is 32.1 Å². The zero-order valence-electron chi connectivity index (χ0n) is 29.6. The van der Waals surface area contributed by atoms with Crippen LogP contribution in [0, 0.1) is 6.92 Å². The van der Waals surface area contributed by atoms with Crippen LogP contribution in [-0.2, 0) is 0 Å². The minimum absolute atomic E-state index is 1.04. The van der Waals surface area contributed by atoms with Crippen molar-refractivity contribution in [1.29, 1.82) is 0 Å². The van der Waals surface area contributed by atoms with E-state index >= 15 is 0 Å². The molecule has 0 saturated heterocycles. The number of rotatable bonds is 10. The molecule has 3 aromatic heterocycles. The lowest BCUT2D eigenvalue weighted by atomic mass is 10.1. The summed E-state index contributed by atoms with van der Waals surface area (Å²) in [5.41, 5.74) is 14.5. The van der Waals surface area contributed by atoms with Crippen molar-refractivity contribution in [3.8, 4) is 11.4 Å². The fraction of sp³-hybridized carbons (Fsp3) is 0.130. The highest BCUT2D eigenvalue weighted by Crippen LogP contribution is 2.39. The molecule has 6 rings (SSSR count). The van der Waals surface area contributed by atoms with E-state index in [1.54, 1.807) is 0 Å². The summed E-state index contributed by atoms with van der Waals surface area (Å²) >= 11 is 0. The predicted molar refractivity (Wildman–Crippen MR) is 219 cm³/mol. The molecule has 0 fully saturated rings. The van der Waals surface area contributed by atoms with Crippen LogP contribution in [0.25, 0.3) is 86.2 Å². The standard InChI is InChI=1S/C46H45N3/c1-10-18-32(14-5)47-44-26-23-33(48-41(15-6)35(19-11-2)36(20-12-3)42(48)16-7)29-39(44)40-30-34(24-27-45(40)47)49-43(17-8)37(21-13-4)38-25-22-31(9)28-46(38)49/h10-30H,6-8H2,1-5,9H3/b18-10-,19-11-,20-12-,21-13-,32-14+. The number of fused-ring (bicyclic) bond motifs is 4. The topological polar surface area (TPSA) is 14.8 Å². The SMILES string of the molecule is C=Cc1c(/C=C\C)c(/C=C\C)c(C=C)n1-c1ccc2c(c1)c1cc(-n3c(C=C)c(/C=C\C)c4ccc(C)cc43)ccc1n2C(/C=C\C)=C/C. The highest BCUT2D eigenvalue weighted by atomic mass is 15.0. The largest absolute Gasteiger partial charge is 0.310 e. The first-order chi connectivity index (χ1) is 23.9. The van der Waals surface area contributed by atoms with Crippen LogP contribution in [0.1, 0.15) is 74.0 Å². The highest BCUT2D eigenvalue weighted by molar-refractivity contribution is 6.12. The fourth-order valence-electron chi connectivity index (χ4n) is 7.30. The molecule has 3 nitrogen and oxygen atoms in total. The van der Waals surface area contributed by atoms with E-state index in [9.17, 15) is 0 Å². The maximum Gasteiger partial charge on any atom is 0.0543 e. The van der Waals surface area contributed by atoms with E-state index in [1.165, 1.54) is 32.8 Å². The van der Waals surface area contributed by atoms with E-state index in [0.29, 0.717) is 0 Å². The van der Waals surface area contributed by atoms with Crippen molar-refractivity contribution in [2.75, 3.05) is 0 Å². The van der Waals surface area contributed by atoms with Crippen molar-refractivity contribution >= 4 is 74.9 Å². The molecule has 0 radical (unpaired) electrons. The smallest absolute Gasteiger partial charge is 0.0543 e. The number of hydrogen-bond acceptors (Lipinski definition) is 0. The van der Waals surface area contributed by atoms with Crippen molar-refractivity contribution in [3.05, 3.63) is 150 Å². The second-order valence-electron chi connectivity index (χ2n) is 12.2. The summed E-state index contributed by atoms with van der Waals surface area (Å²) in [5, 5.41) is 3.55. The molecule has 0 aliphatic rings. The van der Waals surface area contributed by atoms with Gasteiger partial charge in [0, 0.05) is 49.9 Å². The maximum absolute atomic E-state index is 4.26. The quantitative estimate of drug-likeness (QED) is 0.133. The van der Waals surface area contributed by atoms with E-state index in [2.05, 4.69) is 170 Å². The predicted octanol–water partition coefficient (Wildman–Crippen LogP) is 13.3. The first-order valence-electron chi connectivity index (χ1n) is 17.0. The van der Waals surface area contributed by atoms with Gasteiger partial charge in [-0.05, 0) is 114 Å². The van der Waals surface area contributed by atoms with Crippen LogP contribution in [0.3, 0.4) is 0 Å². The Bertz CT molecular complexity index is 2390. The van der Waals surface area contributed by atoms with Crippen molar-refractivity contribution < 1.29 is 0 Å². The van der Waals surface area contributed by atoms with Crippen LogP contribution in [0.2, 0.25) is 0 Å². The van der Waals surface area contributed by atoms with E-state index in [4.69, 9.17) is 0 Å². The summed E-state index contributed by atoms with van der Waals surface area (Å²) in [7, 11) is 0. The second-order valence-corrected chi connectivity index (χ2v) is 12.2. The number of hydrogen-bond donors (Lipinski definition) is 0. The van der Waals surface area contributed by atoms with Crippen molar-refractivity contribution in [2.24, 2.45) is 0 Å². The number of benzene rings is 3. The molecule has 0 aliphatic heterocycles. The Hall–Kier alpha value is -5.80. The van der Waals surface area contributed by atoms with Gasteiger partial charge in [-0.1, -0.05) is 80.5 Å². The van der Waals surface area contributed by atoms with Gasteiger partial charge in [-0.3, -0.25) is 0 Å². The average Bonchev–Trinajstić information content (AvgIpc) is 3.71. The first-order valence-corrected chi connectivity index (χ1v) is 17.0. The number of nitrogens with zero attached hydrogens (tertiary/aromatic N) is 3. The molecule has 49 heavy (non-hydrogen) atoms. The minimum atomic E-state index is 1.04. The zero-order chi connectivity index (χ0) is 34.8. The van der Waals surface area contributed by atoms with Crippen LogP contribution >= 0.6 is 0 Å². The summed E-state index contributed by atoms with van der Waals surface area (Å²) in [6.45, 7) is 25.2. The van der Waals surface area contributed by atoms with Crippen LogP contribution in [0.15, 0.2) is 111 Å². The van der Waals surface area contributed by atoms with E-state index in [-0.39, 0.29) is 0 Å². The van der Waals surface area contributed by atoms with Gasteiger partial charge in [-0.25, -0.2) is 0 Å². The zero-order valence-corrected chi connectivity index (χ0v) is 29.6.